The predicted molar refractivity (Wildman–Crippen MR) is 112 cm³/mol. The van der Waals surface area contributed by atoms with Crippen molar-refractivity contribution in [3.05, 3.63) is 96.6 Å². The number of carbonyl (C=O) groups excluding carboxylic acids is 1. The topological polar surface area (TPSA) is 75.8 Å². The first-order valence-corrected chi connectivity index (χ1v) is 10.1. The van der Waals surface area contributed by atoms with Crippen LogP contribution in [0.25, 0.3) is 0 Å². The molecule has 4 rings (SSSR count). The SMILES string of the molecule is O=C(c1cccs1)N1N=C(c2ccc(Br)cc2)CC1c1cccc([N+](=O)[O-])c1. The number of amides is 1. The van der Waals surface area contributed by atoms with E-state index in [-0.39, 0.29) is 11.6 Å². The summed E-state index contributed by atoms with van der Waals surface area (Å²) in [6.45, 7) is 0. The summed E-state index contributed by atoms with van der Waals surface area (Å²) in [7, 11) is 0. The number of rotatable bonds is 4. The van der Waals surface area contributed by atoms with E-state index in [1.807, 2.05) is 35.7 Å². The van der Waals surface area contributed by atoms with E-state index in [1.54, 1.807) is 18.2 Å². The molecule has 0 saturated carbocycles. The number of nitro groups is 1. The van der Waals surface area contributed by atoms with Gasteiger partial charge < -0.3 is 0 Å². The van der Waals surface area contributed by atoms with Gasteiger partial charge in [0.2, 0.25) is 0 Å². The van der Waals surface area contributed by atoms with Crippen LogP contribution >= 0.6 is 27.3 Å². The number of nitrogens with zero attached hydrogens (tertiary/aromatic N) is 3. The summed E-state index contributed by atoms with van der Waals surface area (Å²) in [6, 6.07) is 17.3. The summed E-state index contributed by atoms with van der Waals surface area (Å²) in [6.07, 6.45) is 0.486. The molecule has 0 aliphatic carbocycles. The van der Waals surface area contributed by atoms with Gasteiger partial charge in [0.1, 0.15) is 0 Å². The van der Waals surface area contributed by atoms with E-state index >= 15 is 0 Å². The van der Waals surface area contributed by atoms with Gasteiger partial charge in [-0.25, -0.2) is 5.01 Å². The quantitative estimate of drug-likeness (QED) is 0.389. The number of halogens is 1. The van der Waals surface area contributed by atoms with Crippen molar-refractivity contribution in [1.29, 1.82) is 0 Å². The summed E-state index contributed by atoms with van der Waals surface area (Å²) in [4.78, 5) is 24.4. The second-order valence-corrected chi connectivity index (χ2v) is 8.12. The van der Waals surface area contributed by atoms with Crippen LogP contribution in [0.15, 0.2) is 75.6 Å². The Morgan fingerprint density at radius 2 is 1.96 bits per heavy atom. The van der Waals surface area contributed by atoms with Gasteiger partial charge >= 0.3 is 0 Å². The van der Waals surface area contributed by atoms with E-state index < -0.39 is 11.0 Å². The average Bonchev–Trinajstić information content (AvgIpc) is 3.38. The number of nitro benzene ring substituents is 1. The highest BCUT2D eigenvalue weighted by Gasteiger charge is 2.34. The smallest absolute Gasteiger partial charge is 0.266 e. The standard InChI is InChI=1S/C20H14BrN3O3S/c21-15-8-6-13(7-9-15)17-12-18(14-3-1-4-16(11-14)24(26)27)23(22-17)20(25)19-5-2-10-28-19/h1-11,18H,12H2. The van der Waals surface area contributed by atoms with Crippen molar-refractivity contribution in [3.63, 3.8) is 0 Å². The molecule has 1 unspecified atom stereocenters. The van der Waals surface area contributed by atoms with Crippen LogP contribution in [-0.4, -0.2) is 21.6 Å². The summed E-state index contributed by atoms with van der Waals surface area (Å²) in [5.41, 5.74) is 2.38. The molecule has 140 valence electrons. The molecule has 3 aromatic rings. The lowest BCUT2D eigenvalue weighted by Gasteiger charge is -2.21. The molecule has 2 aromatic carbocycles. The third-order valence-electron chi connectivity index (χ3n) is 4.49. The Kier molecular flexibility index (Phi) is 5.06. The fraction of sp³-hybridized carbons (Fsp3) is 0.100. The second kappa shape index (κ2) is 7.65. The third kappa shape index (κ3) is 3.61. The van der Waals surface area contributed by atoms with Crippen LogP contribution in [0.5, 0.6) is 0 Å². The van der Waals surface area contributed by atoms with Crippen molar-refractivity contribution in [1.82, 2.24) is 5.01 Å². The summed E-state index contributed by atoms with van der Waals surface area (Å²) < 4.78 is 0.955. The van der Waals surface area contributed by atoms with Crippen molar-refractivity contribution in [2.75, 3.05) is 0 Å². The van der Waals surface area contributed by atoms with Gasteiger partial charge in [0.25, 0.3) is 11.6 Å². The number of benzene rings is 2. The number of hydrazone groups is 1. The molecular weight excluding hydrogens is 442 g/mol. The monoisotopic (exact) mass is 455 g/mol. The number of thiophene rings is 1. The average molecular weight is 456 g/mol. The molecule has 0 saturated heterocycles. The first-order valence-electron chi connectivity index (χ1n) is 8.48. The fourth-order valence-electron chi connectivity index (χ4n) is 3.13. The normalized spacial score (nSPS) is 16.1. The zero-order valence-electron chi connectivity index (χ0n) is 14.5. The minimum absolute atomic E-state index is 0.00175. The lowest BCUT2D eigenvalue weighted by Crippen LogP contribution is -2.26. The highest BCUT2D eigenvalue weighted by Crippen LogP contribution is 2.35. The van der Waals surface area contributed by atoms with Crippen LogP contribution < -0.4 is 0 Å². The Bertz CT molecular complexity index is 1060. The summed E-state index contributed by atoms with van der Waals surface area (Å²) in [5, 5.41) is 19.1. The molecule has 1 atom stereocenters. The van der Waals surface area contributed by atoms with Gasteiger partial charge in [-0.15, -0.1) is 11.3 Å². The molecule has 1 amide bonds. The summed E-state index contributed by atoms with van der Waals surface area (Å²) in [5.74, 6) is -0.210. The van der Waals surface area contributed by atoms with Crippen molar-refractivity contribution in [3.8, 4) is 0 Å². The van der Waals surface area contributed by atoms with Gasteiger partial charge in [0.05, 0.1) is 21.6 Å². The highest BCUT2D eigenvalue weighted by atomic mass is 79.9. The molecule has 0 fully saturated rings. The van der Waals surface area contributed by atoms with E-state index in [0.29, 0.717) is 16.9 Å². The van der Waals surface area contributed by atoms with Gasteiger partial charge in [-0.05, 0) is 34.7 Å². The predicted octanol–water partition coefficient (Wildman–Crippen LogP) is 5.41. The maximum atomic E-state index is 13.0. The zero-order valence-corrected chi connectivity index (χ0v) is 16.9. The van der Waals surface area contributed by atoms with Gasteiger partial charge in [0, 0.05) is 23.0 Å². The van der Waals surface area contributed by atoms with Crippen LogP contribution in [0.2, 0.25) is 0 Å². The molecule has 0 N–H and O–H groups in total. The van der Waals surface area contributed by atoms with Crippen molar-refractivity contribution in [2.24, 2.45) is 5.10 Å². The van der Waals surface area contributed by atoms with Gasteiger partial charge in [0.15, 0.2) is 0 Å². The Hall–Kier alpha value is -2.84. The molecule has 8 heteroatoms. The molecule has 6 nitrogen and oxygen atoms in total. The third-order valence-corrected chi connectivity index (χ3v) is 5.88. The maximum Gasteiger partial charge on any atom is 0.284 e. The minimum atomic E-state index is -0.430. The second-order valence-electron chi connectivity index (χ2n) is 6.25. The van der Waals surface area contributed by atoms with Gasteiger partial charge in [-0.2, -0.15) is 5.10 Å². The van der Waals surface area contributed by atoms with Crippen LogP contribution in [0, 0.1) is 10.1 Å². The van der Waals surface area contributed by atoms with E-state index in [0.717, 1.165) is 15.7 Å². The molecule has 1 aliphatic rings. The number of hydrogen-bond donors (Lipinski definition) is 0. The van der Waals surface area contributed by atoms with Crippen LogP contribution in [0.3, 0.4) is 0 Å². The van der Waals surface area contributed by atoms with E-state index in [9.17, 15) is 14.9 Å². The molecule has 28 heavy (non-hydrogen) atoms. The Balaban J connectivity index is 1.74. The van der Waals surface area contributed by atoms with Crippen molar-refractivity contribution >= 4 is 44.6 Å². The zero-order chi connectivity index (χ0) is 19.7. The van der Waals surface area contributed by atoms with Crippen LogP contribution in [-0.2, 0) is 0 Å². The highest BCUT2D eigenvalue weighted by molar-refractivity contribution is 9.10. The molecule has 1 aromatic heterocycles. The number of carbonyl (C=O) groups is 1. The fourth-order valence-corrected chi connectivity index (χ4v) is 4.05. The summed E-state index contributed by atoms with van der Waals surface area (Å²) >= 11 is 4.77. The molecule has 0 bridgehead atoms. The molecule has 2 heterocycles. The molecule has 0 spiro atoms. The van der Waals surface area contributed by atoms with E-state index in [1.165, 1.54) is 28.5 Å². The van der Waals surface area contributed by atoms with Crippen molar-refractivity contribution < 1.29 is 9.72 Å². The number of non-ortho nitro benzene ring substituents is 1. The minimum Gasteiger partial charge on any atom is -0.266 e. The molecule has 0 radical (unpaired) electrons. The van der Waals surface area contributed by atoms with Crippen LogP contribution in [0.1, 0.15) is 33.3 Å². The largest absolute Gasteiger partial charge is 0.284 e. The number of hydrogen-bond acceptors (Lipinski definition) is 5. The Morgan fingerprint density at radius 3 is 2.64 bits per heavy atom. The first kappa shape index (κ1) is 18.5. The van der Waals surface area contributed by atoms with Gasteiger partial charge in [-0.1, -0.05) is 46.3 Å². The van der Waals surface area contributed by atoms with Crippen LogP contribution in [0.4, 0.5) is 5.69 Å². The Morgan fingerprint density at radius 1 is 1.18 bits per heavy atom. The van der Waals surface area contributed by atoms with E-state index in [4.69, 9.17) is 0 Å². The Labute approximate surface area is 173 Å². The molecule has 1 aliphatic heterocycles. The lowest BCUT2D eigenvalue weighted by molar-refractivity contribution is -0.384. The van der Waals surface area contributed by atoms with Gasteiger partial charge in [-0.3, -0.25) is 14.9 Å². The van der Waals surface area contributed by atoms with E-state index in [2.05, 4.69) is 21.0 Å². The maximum absolute atomic E-state index is 13.0. The lowest BCUT2D eigenvalue weighted by atomic mass is 9.98. The first-order chi connectivity index (χ1) is 13.5. The van der Waals surface area contributed by atoms with Crippen molar-refractivity contribution in [2.45, 2.75) is 12.5 Å². The molecular formula is C20H14BrN3O3S.